The van der Waals surface area contributed by atoms with Gasteiger partial charge >= 0.3 is 6.03 Å². The van der Waals surface area contributed by atoms with E-state index < -0.39 is 9.84 Å². The number of anilines is 2. The zero-order valence-electron chi connectivity index (χ0n) is 20.1. The lowest BCUT2D eigenvalue weighted by molar-refractivity contribution is 0.0981. The Bertz CT molecular complexity index is 1380. The molecular weight excluding hydrogens is 480 g/mol. The molecule has 2 N–H and O–H groups in total. The number of rotatable bonds is 6. The number of aromatic nitrogens is 3. The summed E-state index contributed by atoms with van der Waals surface area (Å²) in [4.78, 5) is 28.3. The maximum atomic E-state index is 12.5. The van der Waals surface area contributed by atoms with Crippen molar-refractivity contribution in [2.75, 3.05) is 36.2 Å². The van der Waals surface area contributed by atoms with Crippen LogP contribution in [0.2, 0.25) is 0 Å². The van der Waals surface area contributed by atoms with Gasteiger partial charge in [0.2, 0.25) is 5.95 Å². The van der Waals surface area contributed by atoms with Crippen molar-refractivity contribution in [3.05, 3.63) is 48.5 Å². The number of ether oxygens (including phenoxy) is 1. The van der Waals surface area contributed by atoms with Crippen LogP contribution < -0.4 is 15.5 Å². The van der Waals surface area contributed by atoms with Crippen molar-refractivity contribution in [2.45, 2.75) is 36.7 Å². The van der Waals surface area contributed by atoms with E-state index in [9.17, 15) is 13.2 Å². The highest BCUT2D eigenvalue weighted by Crippen LogP contribution is 2.29. The van der Waals surface area contributed by atoms with E-state index in [1.165, 1.54) is 6.26 Å². The van der Waals surface area contributed by atoms with Crippen molar-refractivity contribution in [1.82, 2.24) is 20.3 Å². The van der Waals surface area contributed by atoms with Crippen LogP contribution in [0.4, 0.5) is 16.4 Å². The van der Waals surface area contributed by atoms with E-state index in [4.69, 9.17) is 9.72 Å². The van der Waals surface area contributed by atoms with Gasteiger partial charge in [-0.3, -0.25) is 0 Å². The van der Waals surface area contributed by atoms with Crippen molar-refractivity contribution in [2.24, 2.45) is 0 Å². The third kappa shape index (κ3) is 5.47. The van der Waals surface area contributed by atoms with Crippen LogP contribution >= 0.6 is 0 Å². The molecule has 1 aromatic heterocycles. The average Bonchev–Trinajstić information content (AvgIpc) is 3.68. The number of carbonyl (C=O) groups excluding carboxylic acids is 1. The fourth-order valence-corrected chi connectivity index (χ4v) is 4.91. The first kappa shape index (κ1) is 24.1. The summed E-state index contributed by atoms with van der Waals surface area (Å²) in [7, 11) is -3.51. The molecule has 2 aliphatic rings. The lowest BCUT2D eigenvalue weighted by Crippen LogP contribution is -2.44. The normalized spacial score (nSPS) is 18.1. The van der Waals surface area contributed by atoms with Crippen LogP contribution in [0.5, 0.6) is 0 Å². The van der Waals surface area contributed by atoms with Crippen LogP contribution in [-0.4, -0.2) is 67.5 Å². The average molecular weight is 509 g/mol. The number of morpholine rings is 1. The molecule has 36 heavy (non-hydrogen) atoms. The minimum Gasteiger partial charge on any atom is -0.377 e. The number of nitrogens with one attached hydrogen (secondary N) is 2. The Morgan fingerprint density at radius 3 is 2.44 bits per heavy atom. The van der Waals surface area contributed by atoms with Crippen molar-refractivity contribution < 1.29 is 17.9 Å². The predicted molar refractivity (Wildman–Crippen MR) is 137 cm³/mol. The quantitative estimate of drug-likeness (QED) is 0.520. The zero-order valence-corrected chi connectivity index (χ0v) is 21.0. The highest BCUT2D eigenvalue weighted by Gasteiger charge is 2.25. The summed E-state index contributed by atoms with van der Waals surface area (Å²) >= 11 is 0. The topological polar surface area (TPSA) is 126 Å². The van der Waals surface area contributed by atoms with Crippen molar-refractivity contribution in [3.63, 3.8) is 0 Å². The second-order valence-corrected chi connectivity index (χ2v) is 11.1. The van der Waals surface area contributed by atoms with E-state index in [2.05, 4.69) is 20.6 Å². The summed E-state index contributed by atoms with van der Waals surface area (Å²) in [6.07, 6.45) is 3.20. The summed E-state index contributed by atoms with van der Waals surface area (Å²) in [5, 5.41) is 5.72. The molecule has 1 atom stereocenters. The fraction of sp³-hybridized carbons (Fsp3) is 0.360. The Morgan fingerprint density at radius 2 is 1.75 bits per heavy atom. The Balaban J connectivity index is 1.53. The van der Waals surface area contributed by atoms with Crippen molar-refractivity contribution in [3.8, 4) is 22.8 Å². The Kier molecular flexibility index (Phi) is 6.59. The highest BCUT2D eigenvalue weighted by atomic mass is 32.2. The molecule has 188 valence electrons. The largest absolute Gasteiger partial charge is 0.377 e. The number of hydrogen-bond acceptors (Lipinski definition) is 8. The maximum Gasteiger partial charge on any atom is 0.319 e. The van der Waals surface area contributed by atoms with Gasteiger partial charge in [0, 0.05) is 35.7 Å². The molecule has 1 aliphatic carbocycles. The van der Waals surface area contributed by atoms with Gasteiger partial charge in [0.25, 0.3) is 0 Å². The van der Waals surface area contributed by atoms with Gasteiger partial charge in [0.05, 0.1) is 24.2 Å². The van der Waals surface area contributed by atoms with Crippen LogP contribution in [0.25, 0.3) is 22.8 Å². The number of hydrogen-bond donors (Lipinski definition) is 2. The number of amides is 2. The SMILES string of the molecule is C[C@H]1COCCN1c1nc(-c2ccc(NC(=O)NC3CC3)cc2)nc(-c2ccccc2S(C)(=O)=O)n1. The monoisotopic (exact) mass is 508 g/mol. The summed E-state index contributed by atoms with van der Waals surface area (Å²) in [5.41, 5.74) is 1.78. The van der Waals surface area contributed by atoms with Crippen molar-refractivity contribution >= 4 is 27.5 Å². The molecule has 10 nitrogen and oxygen atoms in total. The first-order valence-electron chi connectivity index (χ1n) is 11.9. The van der Waals surface area contributed by atoms with Gasteiger partial charge in [-0.25, -0.2) is 18.2 Å². The highest BCUT2D eigenvalue weighted by molar-refractivity contribution is 7.90. The predicted octanol–water partition coefficient (Wildman–Crippen LogP) is 3.12. The van der Waals surface area contributed by atoms with Crippen LogP contribution in [0, 0.1) is 0 Å². The van der Waals surface area contributed by atoms with E-state index in [0.717, 1.165) is 12.8 Å². The molecule has 1 saturated heterocycles. The first-order valence-corrected chi connectivity index (χ1v) is 13.7. The van der Waals surface area contributed by atoms with Gasteiger partial charge < -0.3 is 20.3 Å². The smallest absolute Gasteiger partial charge is 0.319 e. The molecule has 2 aromatic carbocycles. The Hall–Kier alpha value is -3.57. The molecule has 0 unspecified atom stereocenters. The lowest BCUT2D eigenvalue weighted by Gasteiger charge is -2.33. The molecule has 2 fully saturated rings. The number of sulfone groups is 1. The maximum absolute atomic E-state index is 12.5. The van der Waals surface area contributed by atoms with Crippen LogP contribution in [0.1, 0.15) is 19.8 Å². The molecule has 5 rings (SSSR count). The van der Waals surface area contributed by atoms with Gasteiger partial charge in [-0.05, 0) is 56.2 Å². The molecule has 11 heteroatoms. The van der Waals surface area contributed by atoms with Crippen molar-refractivity contribution in [1.29, 1.82) is 0 Å². The Labute approximate surface area is 210 Å². The molecule has 1 saturated carbocycles. The second-order valence-electron chi connectivity index (χ2n) is 9.12. The molecule has 3 aromatic rings. The van der Waals surface area contributed by atoms with E-state index in [-0.39, 0.29) is 28.8 Å². The fourth-order valence-electron chi connectivity index (χ4n) is 4.02. The molecular formula is C25H28N6O4S. The number of urea groups is 1. The molecule has 1 aliphatic heterocycles. The van der Waals surface area contributed by atoms with E-state index in [0.29, 0.717) is 48.3 Å². The van der Waals surface area contributed by atoms with Crippen LogP contribution in [-0.2, 0) is 14.6 Å². The summed E-state index contributed by atoms with van der Waals surface area (Å²) in [5.74, 6) is 1.15. The Morgan fingerprint density at radius 1 is 1.03 bits per heavy atom. The number of carbonyl (C=O) groups is 1. The standard InChI is InChI=1S/C25H28N6O4S/c1-16-15-35-14-13-31(16)24-29-22(17-7-9-18(10-8-17)26-25(32)27-19-11-12-19)28-23(30-24)20-5-3-4-6-21(20)36(2,33)34/h3-10,16,19H,11-15H2,1-2H3,(H2,26,27,32)/t16-/m0/s1. The van der Waals surface area contributed by atoms with E-state index in [1.807, 2.05) is 24.0 Å². The van der Waals surface area contributed by atoms with E-state index in [1.54, 1.807) is 36.4 Å². The lowest BCUT2D eigenvalue weighted by atomic mass is 10.1. The molecule has 0 radical (unpaired) electrons. The molecule has 2 heterocycles. The van der Waals surface area contributed by atoms with Crippen LogP contribution in [0.3, 0.4) is 0 Å². The van der Waals surface area contributed by atoms with E-state index >= 15 is 0 Å². The van der Waals surface area contributed by atoms with Crippen LogP contribution in [0.15, 0.2) is 53.4 Å². The van der Waals surface area contributed by atoms with Gasteiger partial charge in [-0.2, -0.15) is 9.97 Å². The van der Waals surface area contributed by atoms with Gasteiger partial charge in [0.1, 0.15) is 0 Å². The third-order valence-corrected chi connectivity index (χ3v) is 7.24. The molecule has 0 bridgehead atoms. The molecule has 0 spiro atoms. The minimum absolute atomic E-state index is 0.0450. The first-order chi connectivity index (χ1) is 17.3. The summed E-state index contributed by atoms with van der Waals surface area (Å²) in [6.45, 7) is 3.72. The van der Waals surface area contributed by atoms with Gasteiger partial charge in [0.15, 0.2) is 21.5 Å². The summed E-state index contributed by atoms with van der Waals surface area (Å²) < 4.78 is 30.5. The minimum atomic E-state index is -3.51. The summed E-state index contributed by atoms with van der Waals surface area (Å²) in [6, 6.07) is 14.0. The number of nitrogens with zero attached hydrogens (tertiary/aromatic N) is 4. The van der Waals surface area contributed by atoms with Gasteiger partial charge in [-0.15, -0.1) is 0 Å². The van der Waals surface area contributed by atoms with Gasteiger partial charge in [-0.1, -0.05) is 12.1 Å². The number of benzene rings is 2. The third-order valence-electron chi connectivity index (χ3n) is 6.09. The zero-order chi connectivity index (χ0) is 25.3. The second kappa shape index (κ2) is 9.82. The molecule has 2 amide bonds.